The summed E-state index contributed by atoms with van der Waals surface area (Å²) in [5, 5.41) is 20.7. The van der Waals surface area contributed by atoms with E-state index in [0.29, 0.717) is 25.2 Å². The van der Waals surface area contributed by atoms with E-state index in [1.54, 1.807) is 13.2 Å². The Morgan fingerprint density at radius 2 is 2.16 bits per heavy atom. The molecule has 2 N–H and O–H groups in total. The molecule has 2 fully saturated rings. The maximum absolute atomic E-state index is 12.0. The van der Waals surface area contributed by atoms with Crippen molar-refractivity contribution in [2.24, 2.45) is 17.8 Å². The van der Waals surface area contributed by atoms with Crippen LogP contribution in [-0.4, -0.2) is 40.9 Å². The Morgan fingerprint density at radius 3 is 2.76 bits per heavy atom. The van der Waals surface area contributed by atoms with Gasteiger partial charge in [0.1, 0.15) is 5.60 Å². The molecule has 1 unspecified atom stereocenters. The summed E-state index contributed by atoms with van der Waals surface area (Å²) in [6.07, 6.45) is 9.45. The Hall–Kier alpha value is -0.970. The normalized spacial score (nSPS) is 34.3. The lowest BCUT2D eigenvalue weighted by Crippen LogP contribution is -2.64. The van der Waals surface area contributed by atoms with Crippen molar-refractivity contribution in [2.75, 3.05) is 7.11 Å². The monoisotopic (exact) mass is 350 g/mol. The Labute approximate surface area is 152 Å². The first kappa shape index (κ1) is 20.3. The van der Waals surface area contributed by atoms with Crippen molar-refractivity contribution in [1.29, 1.82) is 0 Å². The zero-order valence-corrected chi connectivity index (χ0v) is 16.1. The first-order valence-corrected chi connectivity index (χ1v) is 9.56. The van der Waals surface area contributed by atoms with Gasteiger partial charge in [0.25, 0.3) is 0 Å². The Morgan fingerprint density at radius 1 is 1.44 bits per heavy atom. The van der Waals surface area contributed by atoms with Gasteiger partial charge in [-0.3, -0.25) is 4.79 Å². The number of rotatable bonds is 8. The van der Waals surface area contributed by atoms with Crippen LogP contribution in [0.25, 0.3) is 0 Å². The van der Waals surface area contributed by atoms with Crippen LogP contribution in [0.15, 0.2) is 23.8 Å². The third-order valence-electron chi connectivity index (χ3n) is 5.97. The molecule has 4 nitrogen and oxygen atoms in total. The number of aliphatic hydroxyl groups excluding tert-OH is 2. The molecular formula is C21H34O4. The Bertz CT molecular complexity index is 520. The number of Topliss-reactive ketones (excluding diaryl/α,β-unsaturated/α-hetero) is 1. The summed E-state index contributed by atoms with van der Waals surface area (Å²) in [5.41, 5.74) is 0.632. The second-order valence-corrected chi connectivity index (χ2v) is 8.16. The van der Waals surface area contributed by atoms with Gasteiger partial charge in [-0.15, -0.1) is 0 Å². The Balaban J connectivity index is 1.89. The van der Waals surface area contributed by atoms with Crippen LogP contribution in [0, 0.1) is 17.8 Å². The van der Waals surface area contributed by atoms with Gasteiger partial charge in [-0.05, 0) is 51.9 Å². The van der Waals surface area contributed by atoms with Gasteiger partial charge in [0.2, 0.25) is 0 Å². The SMILES string of the molecule is CO[C@]12CC[C@@H](O)[C@H](C=C[C@@H](O)CC(C)CCC=C(C)C)[C@H]1CC2=O. The zero-order valence-electron chi connectivity index (χ0n) is 16.1. The molecule has 6 atom stereocenters. The highest BCUT2D eigenvalue weighted by Gasteiger charge is 2.60. The highest BCUT2D eigenvalue weighted by molar-refractivity contribution is 5.94. The highest BCUT2D eigenvalue weighted by Crippen LogP contribution is 2.51. The van der Waals surface area contributed by atoms with E-state index in [1.807, 2.05) is 6.08 Å². The minimum atomic E-state index is -0.698. The fourth-order valence-electron chi connectivity index (χ4n) is 4.36. The van der Waals surface area contributed by atoms with Crippen LogP contribution in [0.3, 0.4) is 0 Å². The molecule has 0 aromatic rings. The van der Waals surface area contributed by atoms with Gasteiger partial charge >= 0.3 is 0 Å². The molecule has 2 saturated carbocycles. The van der Waals surface area contributed by atoms with Crippen LogP contribution in [-0.2, 0) is 9.53 Å². The van der Waals surface area contributed by atoms with Gasteiger partial charge in [-0.1, -0.05) is 30.7 Å². The van der Waals surface area contributed by atoms with Gasteiger partial charge in [0.05, 0.1) is 12.2 Å². The molecule has 0 saturated heterocycles. The van der Waals surface area contributed by atoms with Crippen LogP contribution in [0.4, 0.5) is 0 Å². The van der Waals surface area contributed by atoms with Crippen molar-refractivity contribution in [2.45, 2.75) is 77.1 Å². The average molecular weight is 350 g/mol. The van der Waals surface area contributed by atoms with E-state index < -0.39 is 17.8 Å². The lowest BCUT2D eigenvalue weighted by atomic mass is 9.55. The van der Waals surface area contributed by atoms with E-state index in [1.165, 1.54) is 5.57 Å². The Kier molecular flexibility index (Phi) is 7.01. The van der Waals surface area contributed by atoms with Gasteiger partial charge in [-0.2, -0.15) is 0 Å². The molecule has 0 bridgehead atoms. The topological polar surface area (TPSA) is 66.8 Å². The number of fused-ring (bicyclic) bond motifs is 1. The number of carbonyl (C=O) groups is 1. The van der Waals surface area contributed by atoms with Crippen LogP contribution in [0.1, 0.15) is 59.3 Å². The number of carbonyl (C=O) groups excluding carboxylic acids is 1. The van der Waals surface area contributed by atoms with Crippen molar-refractivity contribution in [1.82, 2.24) is 0 Å². The summed E-state index contributed by atoms with van der Waals surface area (Å²) < 4.78 is 5.54. The van der Waals surface area contributed by atoms with Gasteiger partial charge in [0, 0.05) is 25.4 Å². The van der Waals surface area contributed by atoms with E-state index in [2.05, 4.69) is 26.8 Å². The van der Waals surface area contributed by atoms with Crippen molar-refractivity contribution >= 4 is 5.78 Å². The summed E-state index contributed by atoms with van der Waals surface area (Å²) in [6, 6.07) is 0. The molecule has 2 rings (SSSR count). The van der Waals surface area contributed by atoms with Gasteiger partial charge in [0.15, 0.2) is 5.78 Å². The molecule has 2 aliphatic rings. The van der Waals surface area contributed by atoms with Gasteiger partial charge < -0.3 is 14.9 Å². The number of hydrogen-bond acceptors (Lipinski definition) is 4. The molecule has 4 heteroatoms. The van der Waals surface area contributed by atoms with Crippen LogP contribution in [0.5, 0.6) is 0 Å². The third kappa shape index (κ3) is 4.60. The van der Waals surface area contributed by atoms with E-state index in [0.717, 1.165) is 19.3 Å². The van der Waals surface area contributed by atoms with Gasteiger partial charge in [-0.25, -0.2) is 0 Å². The number of methoxy groups -OCH3 is 1. The second kappa shape index (κ2) is 8.61. The highest BCUT2D eigenvalue weighted by atomic mass is 16.5. The first-order chi connectivity index (χ1) is 11.8. The molecular weight excluding hydrogens is 316 g/mol. The fourth-order valence-corrected chi connectivity index (χ4v) is 4.36. The zero-order chi connectivity index (χ0) is 18.6. The van der Waals surface area contributed by atoms with Crippen LogP contribution < -0.4 is 0 Å². The van der Waals surface area contributed by atoms with Crippen molar-refractivity contribution in [3.05, 3.63) is 23.8 Å². The molecule has 0 aromatic heterocycles. The number of hydrogen-bond donors (Lipinski definition) is 2. The summed E-state index contributed by atoms with van der Waals surface area (Å²) in [5.74, 6) is 0.517. The maximum Gasteiger partial charge on any atom is 0.165 e. The number of aliphatic hydroxyl groups is 2. The summed E-state index contributed by atoms with van der Waals surface area (Å²) >= 11 is 0. The van der Waals surface area contributed by atoms with Crippen LogP contribution in [0.2, 0.25) is 0 Å². The third-order valence-corrected chi connectivity index (χ3v) is 5.97. The number of ether oxygens (including phenoxy) is 1. The predicted molar refractivity (Wildman–Crippen MR) is 99.2 cm³/mol. The maximum atomic E-state index is 12.0. The lowest BCUT2D eigenvalue weighted by Gasteiger charge is -2.54. The van der Waals surface area contributed by atoms with E-state index >= 15 is 0 Å². The molecule has 142 valence electrons. The minimum Gasteiger partial charge on any atom is -0.393 e. The second-order valence-electron chi connectivity index (χ2n) is 8.16. The standard InChI is InChI=1S/C21H34O4/c1-14(2)6-5-7-15(3)12-16(22)8-9-17-18-13-20(24)21(18,25-4)11-10-19(17)23/h6,8-9,15-19,22-23H,5,7,10-13H2,1-4H3/t15?,16-,17-,18-,19-,21-/m1/s1. The average Bonchev–Trinajstić information content (AvgIpc) is 2.53. The molecule has 0 heterocycles. The van der Waals surface area contributed by atoms with Crippen LogP contribution >= 0.6 is 0 Å². The summed E-state index contributed by atoms with van der Waals surface area (Å²) in [4.78, 5) is 12.0. The quantitative estimate of drug-likeness (QED) is 0.658. The molecule has 0 aliphatic heterocycles. The summed E-state index contributed by atoms with van der Waals surface area (Å²) in [6.45, 7) is 6.36. The molecule has 0 spiro atoms. The first-order valence-electron chi connectivity index (χ1n) is 9.56. The largest absolute Gasteiger partial charge is 0.393 e. The summed E-state index contributed by atoms with van der Waals surface area (Å²) in [7, 11) is 1.59. The van der Waals surface area contributed by atoms with Crippen molar-refractivity contribution in [3.63, 3.8) is 0 Å². The van der Waals surface area contributed by atoms with E-state index in [4.69, 9.17) is 4.74 Å². The molecule has 2 aliphatic carbocycles. The fraction of sp³-hybridized carbons (Fsp3) is 0.762. The van der Waals surface area contributed by atoms with Crippen molar-refractivity contribution < 1.29 is 19.7 Å². The molecule has 25 heavy (non-hydrogen) atoms. The number of ketones is 1. The van der Waals surface area contributed by atoms with E-state index in [-0.39, 0.29) is 17.6 Å². The van der Waals surface area contributed by atoms with Crippen molar-refractivity contribution in [3.8, 4) is 0 Å². The smallest absolute Gasteiger partial charge is 0.165 e. The number of allylic oxidation sites excluding steroid dienone is 2. The molecule has 0 radical (unpaired) electrons. The predicted octanol–water partition coefficient (Wildman–Crippen LogP) is 3.42. The molecule has 0 amide bonds. The minimum absolute atomic E-state index is 0.0345. The lowest BCUT2D eigenvalue weighted by molar-refractivity contribution is -0.191. The molecule has 0 aromatic carbocycles. The van der Waals surface area contributed by atoms with E-state index in [9.17, 15) is 15.0 Å².